The Balaban J connectivity index is 1.64. The van der Waals surface area contributed by atoms with Gasteiger partial charge in [0.1, 0.15) is 11.4 Å². The lowest BCUT2D eigenvalue weighted by atomic mass is 10.1. The molecule has 2 fully saturated rings. The van der Waals surface area contributed by atoms with E-state index in [4.69, 9.17) is 4.74 Å². The molecule has 0 amide bonds. The van der Waals surface area contributed by atoms with Crippen molar-refractivity contribution in [1.29, 1.82) is 0 Å². The van der Waals surface area contributed by atoms with Crippen LogP contribution >= 0.6 is 0 Å². The van der Waals surface area contributed by atoms with Crippen LogP contribution in [-0.4, -0.2) is 18.2 Å². The first-order valence-electron chi connectivity index (χ1n) is 6.82. The van der Waals surface area contributed by atoms with Crippen molar-refractivity contribution in [1.82, 2.24) is 5.32 Å². The predicted molar refractivity (Wildman–Crippen MR) is 69.4 cm³/mol. The third-order valence-corrected chi connectivity index (χ3v) is 3.78. The van der Waals surface area contributed by atoms with Gasteiger partial charge in [-0.3, -0.25) is 0 Å². The quantitative estimate of drug-likeness (QED) is 0.813. The monoisotopic (exact) mass is 231 g/mol. The normalized spacial score (nSPS) is 21.2. The highest BCUT2D eigenvalue weighted by atomic mass is 16.5. The number of hydrogen-bond acceptors (Lipinski definition) is 2. The molecule has 0 spiro atoms. The molecular formula is C15H21NO. The Morgan fingerprint density at radius 1 is 1.29 bits per heavy atom. The van der Waals surface area contributed by atoms with Gasteiger partial charge in [-0.2, -0.15) is 0 Å². The molecule has 1 aromatic rings. The van der Waals surface area contributed by atoms with Crippen LogP contribution in [0.5, 0.6) is 5.75 Å². The van der Waals surface area contributed by atoms with Crippen LogP contribution in [0.2, 0.25) is 0 Å². The molecule has 3 rings (SSSR count). The van der Waals surface area contributed by atoms with Crippen LogP contribution in [0.1, 0.15) is 38.2 Å². The molecule has 0 atom stereocenters. The summed E-state index contributed by atoms with van der Waals surface area (Å²) < 4.78 is 6.25. The molecule has 2 nitrogen and oxygen atoms in total. The summed E-state index contributed by atoms with van der Waals surface area (Å²) in [6.07, 6.45) is 6.14. The van der Waals surface area contributed by atoms with E-state index in [1.165, 1.54) is 31.2 Å². The highest BCUT2D eigenvalue weighted by molar-refractivity contribution is 5.34. The maximum absolute atomic E-state index is 6.25. The molecule has 0 heterocycles. The second-order valence-electron chi connectivity index (χ2n) is 5.40. The number of para-hydroxylation sites is 1. The van der Waals surface area contributed by atoms with Crippen molar-refractivity contribution in [3.63, 3.8) is 0 Å². The Hall–Kier alpha value is -1.02. The number of aryl methyl sites for hydroxylation is 1. The van der Waals surface area contributed by atoms with Gasteiger partial charge in [0.2, 0.25) is 0 Å². The standard InChI is InChI=1S/C15H21NO/c1-2-12-5-3-4-6-14(12)17-15(9-10-15)11-16-13-7-8-13/h3-6,13,16H,2,7-11H2,1H3. The second kappa shape index (κ2) is 4.34. The molecule has 17 heavy (non-hydrogen) atoms. The Labute approximate surface area is 103 Å². The summed E-state index contributed by atoms with van der Waals surface area (Å²) in [5.41, 5.74) is 1.43. The fourth-order valence-corrected chi connectivity index (χ4v) is 2.20. The van der Waals surface area contributed by atoms with Gasteiger partial charge in [0, 0.05) is 12.6 Å². The molecule has 2 heteroatoms. The van der Waals surface area contributed by atoms with Gasteiger partial charge in [-0.1, -0.05) is 25.1 Å². The van der Waals surface area contributed by atoms with Gasteiger partial charge in [-0.05, 0) is 43.7 Å². The summed E-state index contributed by atoms with van der Waals surface area (Å²) in [6, 6.07) is 9.21. The van der Waals surface area contributed by atoms with E-state index in [2.05, 4.69) is 36.5 Å². The molecule has 92 valence electrons. The van der Waals surface area contributed by atoms with Crippen LogP contribution in [0.15, 0.2) is 24.3 Å². The van der Waals surface area contributed by atoms with Crippen molar-refractivity contribution in [2.75, 3.05) is 6.54 Å². The molecule has 2 aliphatic carbocycles. The lowest BCUT2D eigenvalue weighted by molar-refractivity contribution is 0.173. The minimum Gasteiger partial charge on any atom is -0.486 e. The molecule has 1 aromatic carbocycles. The summed E-state index contributed by atoms with van der Waals surface area (Å²) >= 11 is 0. The lowest BCUT2D eigenvalue weighted by Gasteiger charge is -2.20. The molecule has 0 unspecified atom stereocenters. The van der Waals surface area contributed by atoms with Crippen molar-refractivity contribution in [2.24, 2.45) is 0 Å². The van der Waals surface area contributed by atoms with Crippen LogP contribution in [-0.2, 0) is 6.42 Å². The van der Waals surface area contributed by atoms with Gasteiger partial charge >= 0.3 is 0 Å². The summed E-state index contributed by atoms with van der Waals surface area (Å²) in [5.74, 6) is 1.09. The highest BCUT2D eigenvalue weighted by Gasteiger charge is 2.46. The third-order valence-electron chi connectivity index (χ3n) is 3.78. The molecule has 0 aliphatic heterocycles. The number of rotatable bonds is 6. The maximum Gasteiger partial charge on any atom is 0.123 e. The van der Waals surface area contributed by atoms with E-state index in [9.17, 15) is 0 Å². The Bertz CT molecular complexity index is 394. The lowest BCUT2D eigenvalue weighted by Crippen LogP contribution is -2.34. The fraction of sp³-hybridized carbons (Fsp3) is 0.600. The largest absolute Gasteiger partial charge is 0.486 e. The Kier molecular flexibility index (Phi) is 2.83. The van der Waals surface area contributed by atoms with E-state index in [1.54, 1.807) is 0 Å². The summed E-state index contributed by atoms with van der Waals surface area (Å²) in [7, 11) is 0. The van der Waals surface area contributed by atoms with Crippen LogP contribution in [0, 0.1) is 0 Å². The first-order chi connectivity index (χ1) is 8.31. The predicted octanol–water partition coefficient (Wildman–Crippen LogP) is 2.91. The van der Waals surface area contributed by atoms with Crippen molar-refractivity contribution in [3.8, 4) is 5.75 Å². The van der Waals surface area contributed by atoms with Crippen molar-refractivity contribution in [2.45, 2.75) is 50.7 Å². The zero-order valence-electron chi connectivity index (χ0n) is 10.5. The van der Waals surface area contributed by atoms with Crippen molar-refractivity contribution >= 4 is 0 Å². The second-order valence-corrected chi connectivity index (χ2v) is 5.40. The molecule has 1 N–H and O–H groups in total. The molecule has 0 bridgehead atoms. The van der Waals surface area contributed by atoms with E-state index in [1.807, 2.05) is 0 Å². The van der Waals surface area contributed by atoms with Crippen molar-refractivity contribution in [3.05, 3.63) is 29.8 Å². The molecule has 0 radical (unpaired) electrons. The first-order valence-corrected chi connectivity index (χ1v) is 6.82. The summed E-state index contributed by atoms with van der Waals surface area (Å²) in [6.45, 7) is 3.21. The number of benzene rings is 1. The average Bonchev–Trinajstić information content (AvgIpc) is 3.24. The topological polar surface area (TPSA) is 21.3 Å². The highest BCUT2D eigenvalue weighted by Crippen LogP contribution is 2.41. The van der Waals surface area contributed by atoms with E-state index >= 15 is 0 Å². The summed E-state index contributed by atoms with van der Waals surface area (Å²) in [5, 5.41) is 3.59. The minimum absolute atomic E-state index is 0.105. The maximum atomic E-state index is 6.25. The SMILES string of the molecule is CCc1ccccc1OC1(CNC2CC2)CC1. The zero-order valence-corrected chi connectivity index (χ0v) is 10.5. The fourth-order valence-electron chi connectivity index (χ4n) is 2.20. The number of ether oxygens (including phenoxy) is 1. The number of nitrogens with one attached hydrogen (secondary N) is 1. The van der Waals surface area contributed by atoms with Gasteiger partial charge in [0.25, 0.3) is 0 Å². The van der Waals surface area contributed by atoms with Crippen LogP contribution in [0.3, 0.4) is 0 Å². The third kappa shape index (κ3) is 2.63. The minimum atomic E-state index is 0.105. The van der Waals surface area contributed by atoms with Crippen molar-refractivity contribution < 1.29 is 4.74 Å². The molecule has 0 aromatic heterocycles. The Morgan fingerprint density at radius 3 is 2.71 bits per heavy atom. The zero-order chi connectivity index (χ0) is 11.7. The number of hydrogen-bond donors (Lipinski definition) is 1. The smallest absolute Gasteiger partial charge is 0.123 e. The summed E-state index contributed by atoms with van der Waals surface area (Å²) in [4.78, 5) is 0. The van der Waals surface area contributed by atoms with Crippen LogP contribution < -0.4 is 10.1 Å². The molecule has 0 saturated heterocycles. The van der Waals surface area contributed by atoms with Gasteiger partial charge < -0.3 is 10.1 Å². The van der Waals surface area contributed by atoms with E-state index in [-0.39, 0.29) is 5.60 Å². The van der Waals surface area contributed by atoms with Gasteiger partial charge in [0.15, 0.2) is 0 Å². The van der Waals surface area contributed by atoms with E-state index in [0.717, 1.165) is 24.8 Å². The molecule has 2 saturated carbocycles. The van der Waals surface area contributed by atoms with E-state index < -0.39 is 0 Å². The van der Waals surface area contributed by atoms with Gasteiger partial charge in [-0.15, -0.1) is 0 Å². The van der Waals surface area contributed by atoms with Crippen LogP contribution in [0.25, 0.3) is 0 Å². The molecular weight excluding hydrogens is 210 g/mol. The Morgan fingerprint density at radius 2 is 2.06 bits per heavy atom. The van der Waals surface area contributed by atoms with Gasteiger partial charge in [-0.25, -0.2) is 0 Å². The average molecular weight is 231 g/mol. The first kappa shape index (κ1) is 11.1. The van der Waals surface area contributed by atoms with Gasteiger partial charge in [0.05, 0.1) is 0 Å². The molecule has 2 aliphatic rings. The van der Waals surface area contributed by atoms with E-state index in [0.29, 0.717) is 0 Å². The van der Waals surface area contributed by atoms with Crippen LogP contribution in [0.4, 0.5) is 0 Å².